The Morgan fingerprint density at radius 1 is 1.33 bits per heavy atom. The molecule has 0 spiro atoms. The molecule has 2 heterocycles. The van der Waals surface area contributed by atoms with Crippen LogP contribution in [0.5, 0.6) is 0 Å². The number of thiophene rings is 1. The summed E-state index contributed by atoms with van der Waals surface area (Å²) in [5, 5.41) is 7.92. The molecule has 0 aliphatic carbocycles. The van der Waals surface area contributed by atoms with Crippen molar-refractivity contribution >= 4 is 39.7 Å². The number of aromatic amines is 1. The summed E-state index contributed by atoms with van der Waals surface area (Å²) in [7, 11) is 0. The molecule has 21 heavy (non-hydrogen) atoms. The molecule has 1 N–H and O–H groups in total. The molecule has 0 aliphatic rings. The number of nitrogens with zero attached hydrogens (tertiary/aromatic N) is 2. The van der Waals surface area contributed by atoms with Crippen LogP contribution in [-0.2, 0) is 6.54 Å². The van der Waals surface area contributed by atoms with Crippen LogP contribution < -0.4 is 0 Å². The minimum absolute atomic E-state index is 0.0699. The van der Waals surface area contributed by atoms with E-state index in [9.17, 15) is 4.79 Å². The van der Waals surface area contributed by atoms with Gasteiger partial charge in [0.1, 0.15) is 0 Å². The molecule has 0 radical (unpaired) electrons. The average Bonchev–Trinajstić information content (AvgIpc) is 3.10. The zero-order chi connectivity index (χ0) is 14.8. The van der Waals surface area contributed by atoms with E-state index in [4.69, 9.17) is 11.6 Å². The second-order valence-electron chi connectivity index (χ2n) is 4.64. The number of halogens is 1. The van der Waals surface area contributed by atoms with Crippen LogP contribution in [0.3, 0.4) is 0 Å². The molecule has 108 valence electrons. The summed E-state index contributed by atoms with van der Waals surface area (Å²) in [6.07, 6.45) is 0. The standard InChI is InChI=1S/C15H14ClN3OS/c1-2-19(9-10-7-8-13(16)21-10)15(20)14-11-5-3-4-6-12(11)17-18-14/h3-8H,2,9H2,1H3,(H,17,18). The third-order valence-electron chi connectivity index (χ3n) is 3.32. The van der Waals surface area contributed by atoms with Crippen molar-refractivity contribution in [2.24, 2.45) is 0 Å². The van der Waals surface area contributed by atoms with Crippen molar-refractivity contribution in [1.29, 1.82) is 0 Å². The van der Waals surface area contributed by atoms with Gasteiger partial charge in [-0.15, -0.1) is 11.3 Å². The highest BCUT2D eigenvalue weighted by Gasteiger charge is 2.20. The third kappa shape index (κ3) is 2.80. The van der Waals surface area contributed by atoms with Gasteiger partial charge in [0.05, 0.1) is 16.4 Å². The van der Waals surface area contributed by atoms with Crippen molar-refractivity contribution in [1.82, 2.24) is 15.1 Å². The number of para-hydroxylation sites is 1. The number of H-pyrrole nitrogens is 1. The minimum atomic E-state index is -0.0699. The molecule has 6 heteroatoms. The normalized spacial score (nSPS) is 11.0. The number of benzene rings is 1. The van der Waals surface area contributed by atoms with Crippen LogP contribution in [0.4, 0.5) is 0 Å². The van der Waals surface area contributed by atoms with Crippen molar-refractivity contribution in [3.8, 4) is 0 Å². The van der Waals surface area contributed by atoms with E-state index in [2.05, 4.69) is 10.2 Å². The van der Waals surface area contributed by atoms with E-state index in [1.54, 1.807) is 4.90 Å². The lowest BCUT2D eigenvalue weighted by Crippen LogP contribution is -2.30. The van der Waals surface area contributed by atoms with Crippen molar-refractivity contribution < 1.29 is 4.79 Å². The Hall–Kier alpha value is -1.85. The number of aromatic nitrogens is 2. The molecule has 1 aromatic carbocycles. The third-order valence-corrected chi connectivity index (χ3v) is 4.53. The molecule has 3 aromatic rings. The van der Waals surface area contributed by atoms with Crippen LogP contribution in [0.1, 0.15) is 22.3 Å². The average molecular weight is 320 g/mol. The molecular weight excluding hydrogens is 306 g/mol. The smallest absolute Gasteiger partial charge is 0.275 e. The van der Waals surface area contributed by atoms with Crippen molar-refractivity contribution in [3.63, 3.8) is 0 Å². The van der Waals surface area contributed by atoms with Gasteiger partial charge in [0.25, 0.3) is 5.91 Å². The van der Waals surface area contributed by atoms with Gasteiger partial charge in [0.2, 0.25) is 0 Å². The first-order valence-corrected chi connectivity index (χ1v) is 7.85. The molecule has 4 nitrogen and oxygen atoms in total. The summed E-state index contributed by atoms with van der Waals surface area (Å²) in [4.78, 5) is 15.5. The molecule has 0 saturated carbocycles. The fourth-order valence-corrected chi connectivity index (χ4v) is 3.33. The minimum Gasteiger partial charge on any atom is -0.332 e. The Morgan fingerprint density at radius 3 is 2.86 bits per heavy atom. The van der Waals surface area contributed by atoms with Crippen molar-refractivity contribution in [3.05, 3.63) is 51.3 Å². The summed E-state index contributed by atoms with van der Waals surface area (Å²) < 4.78 is 0.735. The van der Waals surface area contributed by atoms with E-state index in [0.29, 0.717) is 18.8 Å². The SMILES string of the molecule is CCN(Cc1ccc(Cl)s1)C(=O)c1n[nH]c2ccccc12. The van der Waals surface area contributed by atoms with Gasteiger partial charge in [-0.3, -0.25) is 9.89 Å². The number of carbonyl (C=O) groups is 1. The predicted octanol–water partition coefficient (Wildman–Crippen LogP) is 3.94. The molecule has 0 fully saturated rings. The molecule has 0 unspecified atom stereocenters. The summed E-state index contributed by atoms with van der Waals surface area (Å²) in [5.74, 6) is -0.0699. The molecule has 0 saturated heterocycles. The van der Waals surface area contributed by atoms with Gasteiger partial charge in [0.15, 0.2) is 5.69 Å². The van der Waals surface area contributed by atoms with Gasteiger partial charge in [-0.05, 0) is 25.1 Å². The zero-order valence-corrected chi connectivity index (χ0v) is 13.0. The lowest BCUT2D eigenvalue weighted by Gasteiger charge is -2.19. The maximum Gasteiger partial charge on any atom is 0.275 e. The van der Waals surface area contributed by atoms with Gasteiger partial charge in [-0.25, -0.2) is 0 Å². The summed E-state index contributed by atoms with van der Waals surface area (Å²) in [6.45, 7) is 3.13. The maximum atomic E-state index is 12.7. The van der Waals surface area contributed by atoms with E-state index in [1.807, 2.05) is 43.3 Å². The Balaban J connectivity index is 1.88. The zero-order valence-electron chi connectivity index (χ0n) is 11.5. The lowest BCUT2D eigenvalue weighted by atomic mass is 10.2. The quantitative estimate of drug-likeness (QED) is 0.791. The monoisotopic (exact) mass is 319 g/mol. The van der Waals surface area contributed by atoms with E-state index in [1.165, 1.54) is 11.3 Å². The number of amides is 1. The van der Waals surface area contributed by atoms with Crippen molar-refractivity contribution in [2.45, 2.75) is 13.5 Å². The Bertz CT molecular complexity index is 780. The Morgan fingerprint density at radius 2 is 2.14 bits per heavy atom. The number of rotatable bonds is 4. The molecular formula is C15H14ClN3OS. The molecule has 0 atom stereocenters. The molecule has 2 aromatic heterocycles. The highest BCUT2D eigenvalue weighted by Crippen LogP contribution is 2.24. The molecule has 0 aliphatic heterocycles. The fraction of sp³-hybridized carbons (Fsp3) is 0.200. The molecule has 1 amide bonds. The topological polar surface area (TPSA) is 49.0 Å². The second kappa shape index (κ2) is 5.87. The van der Waals surface area contributed by atoms with E-state index in [0.717, 1.165) is 20.1 Å². The van der Waals surface area contributed by atoms with Crippen LogP contribution in [0.15, 0.2) is 36.4 Å². The number of hydrogen-bond acceptors (Lipinski definition) is 3. The maximum absolute atomic E-state index is 12.7. The van der Waals surface area contributed by atoms with Crippen LogP contribution in [0.2, 0.25) is 4.34 Å². The summed E-state index contributed by atoms with van der Waals surface area (Å²) >= 11 is 7.44. The van der Waals surface area contributed by atoms with E-state index < -0.39 is 0 Å². The van der Waals surface area contributed by atoms with Gasteiger partial charge in [-0.2, -0.15) is 5.10 Å². The van der Waals surface area contributed by atoms with E-state index >= 15 is 0 Å². The molecule has 3 rings (SSSR count). The first-order valence-electron chi connectivity index (χ1n) is 6.65. The Kier molecular flexibility index (Phi) is 3.94. The second-order valence-corrected chi connectivity index (χ2v) is 6.44. The Labute approximate surface area is 131 Å². The van der Waals surface area contributed by atoms with Crippen LogP contribution in [0.25, 0.3) is 10.9 Å². The number of nitrogens with one attached hydrogen (secondary N) is 1. The summed E-state index contributed by atoms with van der Waals surface area (Å²) in [5.41, 5.74) is 1.34. The van der Waals surface area contributed by atoms with E-state index in [-0.39, 0.29) is 5.91 Å². The number of fused-ring (bicyclic) bond motifs is 1. The van der Waals surface area contributed by atoms with Crippen molar-refractivity contribution in [2.75, 3.05) is 6.54 Å². The highest BCUT2D eigenvalue weighted by molar-refractivity contribution is 7.16. The largest absolute Gasteiger partial charge is 0.332 e. The van der Waals surface area contributed by atoms with Gasteiger partial charge in [-0.1, -0.05) is 29.8 Å². The first-order chi connectivity index (χ1) is 10.2. The van der Waals surface area contributed by atoms with Crippen LogP contribution >= 0.6 is 22.9 Å². The number of carbonyl (C=O) groups excluding carboxylic acids is 1. The van der Waals surface area contributed by atoms with Gasteiger partial charge in [0, 0.05) is 16.8 Å². The lowest BCUT2D eigenvalue weighted by molar-refractivity contribution is 0.0750. The van der Waals surface area contributed by atoms with Crippen LogP contribution in [-0.4, -0.2) is 27.5 Å². The van der Waals surface area contributed by atoms with Crippen LogP contribution in [0, 0.1) is 0 Å². The summed E-state index contributed by atoms with van der Waals surface area (Å²) in [6, 6.07) is 11.4. The van der Waals surface area contributed by atoms with Gasteiger partial charge < -0.3 is 4.90 Å². The first kappa shape index (κ1) is 14.1. The predicted molar refractivity (Wildman–Crippen MR) is 85.8 cm³/mol. The fourth-order valence-electron chi connectivity index (χ4n) is 2.23. The van der Waals surface area contributed by atoms with Gasteiger partial charge >= 0.3 is 0 Å². The highest BCUT2D eigenvalue weighted by atomic mass is 35.5. The number of hydrogen-bond donors (Lipinski definition) is 1. The molecule has 0 bridgehead atoms.